The van der Waals surface area contributed by atoms with Crippen molar-refractivity contribution < 1.29 is 17.9 Å². The SMILES string of the molecule is O=S(=O)(CCc1cn[nH]c1)c1ccc2c(c1)OCCCO2. The summed E-state index contributed by atoms with van der Waals surface area (Å²) < 4.78 is 35.8. The third-order valence-electron chi connectivity index (χ3n) is 3.29. The molecule has 0 bridgehead atoms. The number of benzene rings is 1. The second-order valence-electron chi connectivity index (χ2n) is 4.83. The molecule has 7 heteroatoms. The Morgan fingerprint density at radius 2 is 2.00 bits per heavy atom. The molecule has 0 radical (unpaired) electrons. The van der Waals surface area contributed by atoms with Gasteiger partial charge in [-0.15, -0.1) is 0 Å². The molecule has 6 nitrogen and oxygen atoms in total. The number of sulfone groups is 1. The Hall–Kier alpha value is -2.02. The lowest BCUT2D eigenvalue weighted by atomic mass is 10.3. The van der Waals surface area contributed by atoms with E-state index in [1.54, 1.807) is 30.6 Å². The summed E-state index contributed by atoms with van der Waals surface area (Å²) in [4.78, 5) is 0.259. The van der Waals surface area contributed by atoms with Gasteiger partial charge in [-0.3, -0.25) is 5.10 Å². The number of aromatic nitrogens is 2. The van der Waals surface area contributed by atoms with Crippen molar-refractivity contribution in [3.8, 4) is 11.5 Å². The Kier molecular flexibility index (Phi) is 3.83. The maximum absolute atomic E-state index is 12.4. The average molecular weight is 308 g/mol. The minimum Gasteiger partial charge on any atom is -0.490 e. The van der Waals surface area contributed by atoms with Gasteiger partial charge in [0.15, 0.2) is 21.3 Å². The van der Waals surface area contributed by atoms with E-state index < -0.39 is 9.84 Å². The van der Waals surface area contributed by atoms with Crippen LogP contribution >= 0.6 is 0 Å². The first-order valence-electron chi connectivity index (χ1n) is 6.75. The van der Waals surface area contributed by atoms with E-state index in [9.17, 15) is 8.42 Å². The summed E-state index contributed by atoms with van der Waals surface area (Å²) in [7, 11) is -3.36. The second kappa shape index (κ2) is 5.77. The normalized spacial score (nSPS) is 14.7. The molecule has 112 valence electrons. The van der Waals surface area contributed by atoms with Gasteiger partial charge in [0.1, 0.15) is 0 Å². The van der Waals surface area contributed by atoms with Crippen molar-refractivity contribution in [2.24, 2.45) is 0 Å². The lowest BCUT2D eigenvalue weighted by molar-refractivity contribution is 0.297. The molecule has 0 amide bonds. The lowest BCUT2D eigenvalue weighted by Crippen LogP contribution is -2.09. The first-order valence-corrected chi connectivity index (χ1v) is 8.40. The Morgan fingerprint density at radius 1 is 1.19 bits per heavy atom. The van der Waals surface area contributed by atoms with Crippen LogP contribution in [-0.2, 0) is 16.3 Å². The third-order valence-corrected chi connectivity index (χ3v) is 5.01. The first kappa shape index (κ1) is 13.9. The van der Waals surface area contributed by atoms with Crippen LogP contribution < -0.4 is 9.47 Å². The van der Waals surface area contributed by atoms with Crippen LogP contribution in [0.25, 0.3) is 0 Å². The number of hydrogen-bond donors (Lipinski definition) is 1. The quantitative estimate of drug-likeness (QED) is 0.927. The summed E-state index contributed by atoms with van der Waals surface area (Å²) in [5.41, 5.74) is 0.868. The zero-order chi connectivity index (χ0) is 14.7. The number of fused-ring (bicyclic) bond motifs is 1. The van der Waals surface area contributed by atoms with E-state index in [1.807, 2.05) is 0 Å². The molecular weight excluding hydrogens is 292 g/mol. The Morgan fingerprint density at radius 3 is 2.76 bits per heavy atom. The second-order valence-corrected chi connectivity index (χ2v) is 6.94. The molecule has 0 fully saturated rings. The van der Waals surface area contributed by atoms with Crippen molar-refractivity contribution >= 4 is 9.84 Å². The zero-order valence-electron chi connectivity index (χ0n) is 11.4. The standard InChI is InChI=1S/C14H16N2O4S/c17-21(18,7-4-11-9-15-16-10-11)12-2-3-13-14(8-12)20-6-1-5-19-13/h2-3,8-10H,1,4-7H2,(H,15,16). The van der Waals surface area contributed by atoms with Gasteiger partial charge in [-0.05, 0) is 24.1 Å². The smallest absolute Gasteiger partial charge is 0.178 e. The molecule has 0 aliphatic carbocycles. The third kappa shape index (κ3) is 3.18. The summed E-state index contributed by atoms with van der Waals surface area (Å²) in [5.74, 6) is 1.13. The molecule has 21 heavy (non-hydrogen) atoms. The molecular formula is C14H16N2O4S. The lowest BCUT2D eigenvalue weighted by Gasteiger charge is -2.09. The number of hydrogen-bond acceptors (Lipinski definition) is 5. The maximum atomic E-state index is 12.4. The number of aryl methyl sites for hydroxylation is 1. The van der Waals surface area contributed by atoms with Crippen LogP contribution in [0.5, 0.6) is 11.5 Å². The van der Waals surface area contributed by atoms with Gasteiger partial charge >= 0.3 is 0 Å². The Balaban J connectivity index is 1.80. The summed E-state index contributed by atoms with van der Waals surface area (Å²) in [5, 5.41) is 6.48. The van der Waals surface area contributed by atoms with E-state index in [-0.39, 0.29) is 10.6 Å². The van der Waals surface area contributed by atoms with E-state index in [2.05, 4.69) is 10.2 Å². The van der Waals surface area contributed by atoms with Crippen LogP contribution in [-0.4, -0.2) is 37.6 Å². The highest BCUT2D eigenvalue weighted by Crippen LogP contribution is 2.32. The highest BCUT2D eigenvalue weighted by molar-refractivity contribution is 7.91. The molecule has 0 spiro atoms. The van der Waals surface area contributed by atoms with Crippen LogP contribution in [0.3, 0.4) is 0 Å². The molecule has 0 saturated heterocycles. The molecule has 1 aliphatic heterocycles. The number of H-pyrrole nitrogens is 1. The topological polar surface area (TPSA) is 81.3 Å². The molecule has 0 saturated carbocycles. The average Bonchev–Trinajstić information content (AvgIpc) is 2.89. The predicted molar refractivity (Wildman–Crippen MR) is 76.4 cm³/mol. The van der Waals surface area contributed by atoms with E-state index in [4.69, 9.17) is 9.47 Å². The van der Waals surface area contributed by atoms with Gasteiger partial charge in [0.2, 0.25) is 0 Å². The van der Waals surface area contributed by atoms with Crippen molar-refractivity contribution in [3.63, 3.8) is 0 Å². The van der Waals surface area contributed by atoms with E-state index in [1.165, 1.54) is 0 Å². The summed E-state index contributed by atoms with van der Waals surface area (Å²) in [6.07, 6.45) is 4.54. The molecule has 1 aromatic carbocycles. The van der Waals surface area contributed by atoms with Gasteiger partial charge in [0, 0.05) is 18.7 Å². The molecule has 3 rings (SSSR count). The van der Waals surface area contributed by atoms with Crippen LogP contribution in [0.2, 0.25) is 0 Å². The fraction of sp³-hybridized carbons (Fsp3) is 0.357. The van der Waals surface area contributed by atoms with Crippen LogP contribution in [0.15, 0.2) is 35.5 Å². The van der Waals surface area contributed by atoms with E-state index in [0.717, 1.165) is 12.0 Å². The van der Waals surface area contributed by atoms with Crippen LogP contribution in [0, 0.1) is 0 Å². The summed E-state index contributed by atoms with van der Waals surface area (Å²) in [6, 6.07) is 4.77. The fourth-order valence-electron chi connectivity index (χ4n) is 2.12. The number of aromatic amines is 1. The van der Waals surface area contributed by atoms with Gasteiger partial charge in [-0.25, -0.2) is 8.42 Å². The van der Waals surface area contributed by atoms with E-state index in [0.29, 0.717) is 31.1 Å². The van der Waals surface area contributed by atoms with E-state index >= 15 is 0 Å². The minimum absolute atomic E-state index is 0.0339. The molecule has 1 aliphatic rings. The van der Waals surface area contributed by atoms with Crippen LogP contribution in [0.4, 0.5) is 0 Å². The maximum Gasteiger partial charge on any atom is 0.178 e. The van der Waals surface area contributed by atoms with Gasteiger partial charge in [-0.2, -0.15) is 5.10 Å². The highest BCUT2D eigenvalue weighted by atomic mass is 32.2. The zero-order valence-corrected chi connectivity index (χ0v) is 12.2. The van der Waals surface area contributed by atoms with Crippen molar-refractivity contribution in [2.75, 3.05) is 19.0 Å². The molecule has 0 unspecified atom stereocenters. The fourth-order valence-corrected chi connectivity index (χ4v) is 3.42. The monoisotopic (exact) mass is 308 g/mol. The van der Waals surface area contributed by atoms with Crippen molar-refractivity contribution in [2.45, 2.75) is 17.7 Å². The largest absolute Gasteiger partial charge is 0.490 e. The van der Waals surface area contributed by atoms with Crippen LogP contribution in [0.1, 0.15) is 12.0 Å². The molecule has 1 aromatic heterocycles. The number of rotatable bonds is 4. The number of nitrogens with one attached hydrogen (secondary N) is 1. The minimum atomic E-state index is -3.36. The number of nitrogens with zero attached hydrogens (tertiary/aromatic N) is 1. The van der Waals surface area contributed by atoms with Crippen molar-refractivity contribution in [3.05, 3.63) is 36.2 Å². The first-order chi connectivity index (χ1) is 10.1. The van der Waals surface area contributed by atoms with Gasteiger partial charge in [0.25, 0.3) is 0 Å². The molecule has 1 N–H and O–H groups in total. The number of ether oxygens (including phenoxy) is 2. The van der Waals surface area contributed by atoms with Gasteiger partial charge in [0.05, 0.1) is 30.1 Å². The molecule has 2 heterocycles. The van der Waals surface area contributed by atoms with Gasteiger partial charge in [-0.1, -0.05) is 0 Å². The van der Waals surface area contributed by atoms with Crippen molar-refractivity contribution in [1.29, 1.82) is 0 Å². The van der Waals surface area contributed by atoms with Gasteiger partial charge < -0.3 is 9.47 Å². The molecule has 0 atom stereocenters. The molecule has 2 aromatic rings. The summed E-state index contributed by atoms with van der Waals surface area (Å²) in [6.45, 7) is 1.12. The predicted octanol–water partition coefficient (Wildman–Crippen LogP) is 1.59. The Labute approximate surface area is 123 Å². The Bertz CT molecular complexity index is 711. The van der Waals surface area contributed by atoms with Crippen molar-refractivity contribution in [1.82, 2.24) is 10.2 Å². The highest BCUT2D eigenvalue weighted by Gasteiger charge is 2.19. The summed E-state index contributed by atoms with van der Waals surface area (Å²) >= 11 is 0.